The van der Waals surface area contributed by atoms with Gasteiger partial charge in [-0.3, -0.25) is 0 Å². The minimum Gasteiger partial charge on any atom is -0.383 e. The van der Waals surface area contributed by atoms with E-state index in [9.17, 15) is 0 Å². The lowest BCUT2D eigenvalue weighted by molar-refractivity contribution is 0.190. The number of piperidine rings is 1. The lowest BCUT2D eigenvalue weighted by Gasteiger charge is -2.35. The third-order valence-electron chi connectivity index (χ3n) is 4.03. The molecule has 1 aliphatic heterocycles. The summed E-state index contributed by atoms with van der Waals surface area (Å²) in [5.41, 5.74) is 7.03. The second-order valence-corrected chi connectivity index (χ2v) is 5.53. The molecule has 0 spiro atoms. The molecule has 2 atom stereocenters. The maximum absolute atomic E-state index is 5.96. The number of nitrogens with one attached hydrogen (secondary N) is 1. The highest BCUT2D eigenvalue weighted by atomic mass is 15.2. The van der Waals surface area contributed by atoms with Crippen molar-refractivity contribution in [3.63, 3.8) is 0 Å². The average Bonchev–Trinajstić information content (AvgIpc) is 2.38. The molecule has 0 saturated carbocycles. The Kier molecular flexibility index (Phi) is 4.58. The summed E-state index contributed by atoms with van der Waals surface area (Å²) in [6, 6.07) is 1.09. The highest BCUT2D eigenvalue weighted by molar-refractivity contribution is 5.55. The molecule has 1 saturated heterocycles. The molecule has 19 heavy (non-hydrogen) atoms. The minimum atomic E-state index is 0.483. The molecule has 2 heterocycles. The molecule has 1 fully saturated rings. The molecule has 2 rings (SSSR count). The smallest absolute Gasteiger partial charge is 0.134 e. The van der Waals surface area contributed by atoms with Crippen molar-refractivity contribution >= 4 is 11.6 Å². The van der Waals surface area contributed by atoms with Crippen molar-refractivity contribution in [3.8, 4) is 0 Å². The molecule has 1 aromatic rings. The predicted molar refractivity (Wildman–Crippen MR) is 79.2 cm³/mol. The van der Waals surface area contributed by atoms with E-state index in [1.807, 2.05) is 0 Å². The van der Waals surface area contributed by atoms with Crippen LogP contribution in [0, 0.1) is 0 Å². The summed E-state index contributed by atoms with van der Waals surface area (Å²) in [6.45, 7) is 5.55. The van der Waals surface area contributed by atoms with Gasteiger partial charge in [-0.25, -0.2) is 9.97 Å². The zero-order chi connectivity index (χ0) is 13.8. The normalized spacial score (nSPS) is 24.4. The topological polar surface area (TPSA) is 67.1 Å². The SMILES string of the molecule is CCCc1c(N)ncnc1NC1CCN(C)C(C)C1. The Balaban J connectivity index is 2.08. The molecular formula is C14H25N5. The maximum atomic E-state index is 5.96. The number of anilines is 2. The molecule has 0 bridgehead atoms. The van der Waals surface area contributed by atoms with E-state index in [4.69, 9.17) is 5.73 Å². The number of nitrogens with zero attached hydrogens (tertiary/aromatic N) is 3. The van der Waals surface area contributed by atoms with Crippen LogP contribution in [0.4, 0.5) is 11.6 Å². The Morgan fingerprint density at radius 1 is 1.47 bits per heavy atom. The fourth-order valence-electron chi connectivity index (χ4n) is 2.66. The van der Waals surface area contributed by atoms with Crippen molar-refractivity contribution in [1.82, 2.24) is 14.9 Å². The Labute approximate surface area is 115 Å². The van der Waals surface area contributed by atoms with Crippen LogP contribution >= 0.6 is 0 Å². The van der Waals surface area contributed by atoms with Crippen LogP contribution in [0.5, 0.6) is 0 Å². The van der Waals surface area contributed by atoms with Gasteiger partial charge in [0.05, 0.1) is 0 Å². The number of hydrogen-bond acceptors (Lipinski definition) is 5. The first-order valence-corrected chi connectivity index (χ1v) is 7.18. The summed E-state index contributed by atoms with van der Waals surface area (Å²) >= 11 is 0. The van der Waals surface area contributed by atoms with E-state index < -0.39 is 0 Å². The van der Waals surface area contributed by atoms with Crippen molar-refractivity contribution in [2.24, 2.45) is 0 Å². The summed E-state index contributed by atoms with van der Waals surface area (Å²) in [5.74, 6) is 1.54. The van der Waals surface area contributed by atoms with E-state index in [1.165, 1.54) is 0 Å². The van der Waals surface area contributed by atoms with Crippen molar-refractivity contribution < 1.29 is 0 Å². The minimum absolute atomic E-state index is 0.483. The highest BCUT2D eigenvalue weighted by Gasteiger charge is 2.23. The number of likely N-dealkylation sites (tertiary alicyclic amines) is 1. The third-order valence-corrected chi connectivity index (χ3v) is 4.03. The van der Waals surface area contributed by atoms with Crippen LogP contribution in [0.25, 0.3) is 0 Å². The Bertz CT molecular complexity index is 420. The van der Waals surface area contributed by atoms with Crippen LogP contribution in [0.15, 0.2) is 6.33 Å². The molecule has 0 amide bonds. The molecule has 0 aliphatic carbocycles. The summed E-state index contributed by atoms with van der Waals surface area (Å²) in [4.78, 5) is 10.9. The molecule has 5 nitrogen and oxygen atoms in total. The van der Waals surface area contributed by atoms with Gasteiger partial charge < -0.3 is 16.0 Å². The molecule has 106 valence electrons. The molecule has 5 heteroatoms. The van der Waals surface area contributed by atoms with Gasteiger partial charge >= 0.3 is 0 Å². The predicted octanol–water partition coefficient (Wildman–Crippen LogP) is 1.91. The lowest BCUT2D eigenvalue weighted by Crippen LogP contribution is -2.42. The standard InChI is InChI=1S/C14H25N5/c1-4-5-12-13(15)16-9-17-14(12)18-11-6-7-19(3)10(2)8-11/h9-11H,4-8H2,1-3H3,(H3,15,16,17,18). The molecule has 2 unspecified atom stereocenters. The van der Waals surface area contributed by atoms with Crippen molar-refractivity contribution in [3.05, 3.63) is 11.9 Å². The van der Waals surface area contributed by atoms with Crippen LogP contribution in [-0.4, -0.2) is 40.5 Å². The van der Waals surface area contributed by atoms with Crippen LogP contribution in [0.3, 0.4) is 0 Å². The van der Waals surface area contributed by atoms with Crippen LogP contribution in [-0.2, 0) is 6.42 Å². The number of rotatable bonds is 4. The van der Waals surface area contributed by atoms with Crippen molar-refractivity contribution in [2.45, 2.75) is 51.6 Å². The lowest BCUT2D eigenvalue weighted by atomic mass is 9.98. The highest BCUT2D eigenvalue weighted by Crippen LogP contribution is 2.23. The third kappa shape index (κ3) is 3.35. The molecular weight excluding hydrogens is 238 g/mol. The number of hydrogen-bond donors (Lipinski definition) is 2. The first-order chi connectivity index (χ1) is 9.11. The van der Waals surface area contributed by atoms with Gasteiger partial charge in [-0.15, -0.1) is 0 Å². The fourth-order valence-corrected chi connectivity index (χ4v) is 2.66. The van der Waals surface area contributed by atoms with Gasteiger partial charge in [-0.05, 0) is 33.2 Å². The quantitative estimate of drug-likeness (QED) is 0.868. The monoisotopic (exact) mass is 263 g/mol. The van der Waals surface area contributed by atoms with Gasteiger partial charge in [-0.2, -0.15) is 0 Å². The average molecular weight is 263 g/mol. The van der Waals surface area contributed by atoms with Gasteiger partial charge in [0.15, 0.2) is 0 Å². The maximum Gasteiger partial charge on any atom is 0.134 e. The molecule has 3 N–H and O–H groups in total. The zero-order valence-electron chi connectivity index (χ0n) is 12.2. The van der Waals surface area contributed by atoms with Gasteiger partial charge in [0.25, 0.3) is 0 Å². The van der Waals surface area contributed by atoms with E-state index in [0.717, 1.165) is 43.6 Å². The van der Waals surface area contributed by atoms with Gasteiger partial charge in [0.2, 0.25) is 0 Å². The van der Waals surface area contributed by atoms with E-state index >= 15 is 0 Å². The van der Waals surface area contributed by atoms with Crippen LogP contribution in [0.1, 0.15) is 38.7 Å². The summed E-state index contributed by atoms with van der Waals surface area (Å²) in [6.07, 6.45) is 5.82. The van der Waals surface area contributed by atoms with Gasteiger partial charge in [-0.1, -0.05) is 13.3 Å². The van der Waals surface area contributed by atoms with E-state index in [0.29, 0.717) is 17.9 Å². The van der Waals surface area contributed by atoms with E-state index in [2.05, 4.69) is 41.1 Å². The Hall–Kier alpha value is -1.36. The Morgan fingerprint density at radius 3 is 2.95 bits per heavy atom. The number of nitrogen functional groups attached to an aromatic ring is 1. The van der Waals surface area contributed by atoms with E-state index in [1.54, 1.807) is 6.33 Å². The first kappa shape index (κ1) is 14.1. The summed E-state index contributed by atoms with van der Waals surface area (Å²) < 4.78 is 0. The molecule has 1 aromatic heterocycles. The van der Waals surface area contributed by atoms with Crippen molar-refractivity contribution in [2.75, 3.05) is 24.6 Å². The first-order valence-electron chi connectivity index (χ1n) is 7.18. The molecule has 0 aromatic carbocycles. The van der Waals surface area contributed by atoms with Crippen LogP contribution in [0.2, 0.25) is 0 Å². The largest absolute Gasteiger partial charge is 0.383 e. The number of nitrogens with two attached hydrogens (primary N) is 1. The summed E-state index contributed by atoms with van der Waals surface area (Å²) in [5, 5.41) is 3.57. The van der Waals surface area contributed by atoms with Crippen LogP contribution < -0.4 is 11.1 Å². The number of aromatic nitrogens is 2. The van der Waals surface area contributed by atoms with Gasteiger partial charge in [0.1, 0.15) is 18.0 Å². The van der Waals surface area contributed by atoms with Crippen molar-refractivity contribution in [1.29, 1.82) is 0 Å². The second-order valence-electron chi connectivity index (χ2n) is 5.53. The molecule has 0 radical (unpaired) electrons. The van der Waals surface area contributed by atoms with E-state index in [-0.39, 0.29) is 0 Å². The second kappa shape index (κ2) is 6.19. The zero-order valence-corrected chi connectivity index (χ0v) is 12.2. The fraction of sp³-hybridized carbons (Fsp3) is 0.714. The Morgan fingerprint density at radius 2 is 2.26 bits per heavy atom. The molecule has 1 aliphatic rings. The van der Waals surface area contributed by atoms with Gasteiger partial charge in [0, 0.05) is 24.2 Å². The summed E-state index contributed by atoms with van der Waals surface area (Å²) in [7, 11) is 2.19.